The van der Waals surface area contributed by atoms with Crippen molar-refractivity contribution in [3.05, 3.63) is 54.1 Å². The maximum atomic E-state index is 5.76. The summed E-state index contributed by atoms with van der Waals surface area (Å²) in [6, 6.07) is 16.1. The fourth-order valence-corrected chi connectivity index (χ4v) is 2.27. The molecule has 0 N–H and O–H groups in total. The van der Waals surface area contributed by atoms with Crippen molar-refractivity contribution in [2.45, 2.75) is 26.2 Å². The van der Waals surface area contributed by atoms with E-state index >= 15 is 0 Å². The summed E-state index contributed by atoms with van der Waals surface area (Å²) in [5, 5.41) is 8.60. The van der Waals surface area contributed by atoms with E-state index in [0.29, 0.717) is 6.61 Å². The molecule has 0 saturated heterocycles. The van der Waals surface area contributed by atoms with Gasteiger partial charge in [0.25, 0.3) is 0 Å². The summed E-state index contributed by atoms with van der Waals surface area (Å²) in [4.78, 5) is 0. The lowest BCUT2D eigenvalue weighted by Gasteiger charge is -2.23. The van der Waals surface area contributed by atoms with Crippen LogP contribution in [0.3, 0.4) is 0 Å². The van der Waals surface area contributed by atoms with Crippen molar-refractivity contribution in [2.24, 2.45) is 10.2 Å². The molecule has 25 heavy (non-hydrogen) atoms. The highest BCUT2D eigenvalue weighted by Gasteiger charge is 2.06. The van der Waals surface area contributed by atoms with E-state index in [0.717, 1.165) is 34.6 Å². The lowest BCUT2D eigenvalue weighted by Crippen LogP contribution is -2.38. The van der Waals surface area contributed by atoms with Crippen molar-refractivity contribution in [1.82, 2.24) is 0 Å². The molecule has 0 amide bonds. The second-order valence-electron chi connectivity index (χ2n) is 7.33. The first-order valence-electron chi connectivity index (χ1n) is 9.00. The first-order valence-corrected chi connectivity index (χ1v) is 9.00. The number of quaternary nitrogens is 1. The van der Waals surface area contributed by atoms with E-state index in [1.165, 1.54) is 18.4 Å². The minimum absolute atomic E-state index is 0.703. The van der Waals surface area contributed by atoms with E-state index in [1.807, 2.05) is 36.4 Å². The summed E-state index contributed by atoms with van der Waals surface area (Å²) in [6.07, 6.45) is 3.57. The van der Waals surface area contributed by atoms with Gasteiger partial charge in [-0.2, -0.15) is 10.2 Å². The fraction of sp³-hybridized carbons (Fsp3) is 0.429. The Morgan fingerprint density at radius 2 is 1.40 bits per heavy atom. The van der Waals surface area contributed by atoms with Gasteiger partial charge in [0.05, 0.1) is 32.5 Å². The summed E-state index contributed by atoms with van der Waals surface area (Å²) in [6.45, 7) is 3.88. The molecular formula is C21H30N3O+. The first kappa shape index (κ1) is 19.1. The molecule has 4 heteroatoms. The molecule has 0 aliphatic carbocycles. The fourth-order valence-electron chi connectivity index (χ4n) is 2.27. The van der Waals surface area contributed by atoms with E-state index in [-0.39, 0.29) is 0 Å². The molecular weight excluding hydrogens is 310 g/mol. The molecule has 0 aromatic heterocycles. The van der Waals surface area contributed by atoms with Gasteiger partial charge in [0.1, 0.15) is 18.9 Å². The van der Waals surface area contributed by atoms with Gasteiger partial charge in [-0.05, 0) is 54.8 Å². The quantitative estimate of drug-likeness (QED) is 0.436. The molecule has 0 saturated carbocycles. The van der Waals surface area contributed by atoms with Crippen LogP contribution in [-0.4, -0.2) is 38.8 Å². The van der Waals surface area contributed by atoms with Crippen LogP contribution < -0.4 is 4.74 Å². The van der Waals surface area contributed by atoms with Gasteiger partial charge in [-0.15, -0.1) is 0 Å². The van der Waals surface area contributed by atoms with Gasteiger partial charge in [-0.3, -0.25) is 0 Å². The Bertz CT molecular complexity index is 655. The number of aryl methyl sites for hydroxylation is 1. The van der Waals surface area contributed by atoms with Gasteiger partial charge in [-0.25, -0.2) is 0 Å². The van der Waals surface area contributed by atoms with E-state index in [9.17, 15) is 0 Å². The van der Waals surface area contributed by atoms with Crippen LogP contribution in [0.1, 0.15) is 25.3 Å². The Hall–Kier alpha value is -2.20. The highest BCUT2D eigenvalue weighted by atomic mass is 16.5. The SMILES string of the molecule is CCCCc1ccc(N=Nc2ccc(OCC[N+](C)(C)C)cc2)cc1. The van der Waals surface area contributed by atoms with Crippen molar-refractivity contribution in [2.75, 3.05) is 34.3 Å². The molecule has 134 valence electrons. The van der Waals surface area contributed by atoms with Gasteiger partial charge < -0.3 is 9.22 Å². The average molecular weight is 340 g/mol. The van der Waals surface area contributed by atoms with Crippen molar-refractivity contribution in [3.8, 4) is 5.75 Å². The molecule has 0 radical (unpaired) electrons. The number of benzene rings is 2. The second-order valence-corrected chi connectivity index (χ2v) is 7.33. The minimum atomic E-state index is 0.703. The third kappa shape index (κ3) is 7.48. The Balaban J connectivity index is 1.86. The zero-order chi connectivity index (χ0) is 18.1. The van der Waals surface area contributed by atoms with Crippen LogP contribution in [0.4, 0.5) is 11.4 Å². The number of rotatable bonds is 9. The number of likely N-dealkylation sites (N-methyl/N-ethyl adjacent to an activating group) is 1. The van der Waals surface area contributed by atoms with E-state index in [2.05, 4.69) is 50.4 Å². The molecule has 2 aromatic rings. The third-order valence-electron chi connectivity index (χ3n) is 3.90. The Kier molecular flexibility index (Phi) is 7.14. The topological polar surface area (TPSA) is 34.0 Å². The zero-order valence-corrected chi connectivity index (χ0v) is 15.9. The van der Waals surface area contributed by atoms with Crippen molar-refractivity contribution < 1.29 is 9.22 Å². The standard InChI is InChI=1S/C21H30N3O/c1-5-6-7-18-8-10-19(11-9-18)22-23-20-12-14-21(15-13-20)25-17-16-24(2,3)4/h8-15H,5-7,16-17H2,1-4H3/q+1. The summed E-state index contributed by atoms with van der Waals surface area (Å²) < 4.78 is 6.65. The summed E-state index contributed by atoms with van der Waals surface area (Å²) in [5.74, 6) is 0.868. The van der Waals surface area contributed by atoms with Crippen LogP contribution in [-0.2, 0) is 6.42 Å². The molecule has 0 aliphatic heterocycles. The Morgan fingerprint density at radius 3 is 1.92 bits per heavy atom. The van der Waals surface area contributed by atoms with Crippen molar-refractivity contribution in [3.63, 3.8) is 0 Å². The third-order valence-corrected chi connectivity index (χ3v) is 3.90. The van der Waals surface area contributed by atoms with E-state index < -0.39 is 0 Å². The molecule has 0 fully saturated rings. The smallest absolute Gasteiger partial charge is 0.137 e. The molecule has 2 rings (SSSR count). The highest BCUT2D eigenvalue weighted by Crippen LogP contribution is 2.22. The average Bonchev–Trinajstić information content (AvgIpc) is 2.59. The van der Waals surface area contributed by atoms with Gasteiger partial charge in [0, 0.05) is 0 Å². The monoisotopic (exact) mass is 340 g/mol. The maximum absolute atomic E-state index is 5.76. The number of hydrogen-bond acceptors (Lipinski definition) is 3. The van der Waals surface area contributed by atoms with Gasteiger partial charge >= 0.3 is 0 Å². The van der Waals surface area contributed by atoms with Gasteiger partial charge in [0.15, 0.2) is 0 Å². The number of unbranched alkanes of at least 4 members (excludes halogenated alkanes) is 1. The number of hydrogen-bond donors (Lipinski definition) is 0. The molecule has 0 unspecified atom stereocenters. The maximum Gasteiger partial charge on any atom is 0.137 e. The zero-order valence-electron chi connectivity index (χ0n) is 15.9. The highest BCUT2D eigenvalue weighted by molar-refractivity contribution is 5.43. The number of nitrogens with zero attached hydrogens (tertiary/aromatic N) is 3. The molecule has 0 bridgehead atoms. The van der Waals surface area contributed by atoms with Crippen LogP contribution in [0.15, 0.2) is 58.8 Å². The Morgan fingerprint density at radius 1 is 0.840 bits per heavy atom. The predicted octanol–water partition coefficient (Wildman–Crippen LogP) is 5.53. The van der Waals surface area contributed by atoms with Gasteiger partial charge in [0.2, 0.25) is 0 Å². The summed E-state index contributed by atoms with van der Waals surface area (Å²) in [7, 11) is 6.47. The van der Waals surface area contributed by atoms with Crippen molar-refractivity contribution >= 4 is 11.4 Å². The van der Waals surface area contributed by atoms with E-state index in [1.54, 1.807) is 0 Å². The number of azo groups is 1. The summed E-state index contributed by atoms with van der Waals surface area (Å²) in [5.41, 5.74) is 3.06. The van der Waals surface area contributed by atoms with Crippen LogP contribution in [0.2, 0.25) is 0 Å². The number of ether oxygens (including phenoxy) is 1. The largest absolute Gasteiger partial charge is 0.488 e. The molecule has 0 atom stereocenters. The van der Waals surface area contributed by atoms with Gasteiger partial charge in [-0.1, -0.05) is 25.5 Å². The lowest BCUT2D eigenvalue weighted by atomic mass is 10.1. The van der Waals surface area contributed by atoms with Crippen molar-refractivity contribution in [1.29, 1.82) is 0 Å². The summed E-state index contributed by atoms with van der Waals surface area (Å²) >= 11 is 0. The Labute approximate surface area is 151 Å². The lowest BCUT2D eigenvalue weighted by molar-refractivity contribution is -0.870. The van der Waals surface area contributed by atoms with Crippen LogP contribution >= 0.6 is 0 Å². The molecule has 4 nitrogen and oxygen atoms in total. The molecule has 0 heterocycles. The first-order chi connectivity index (χ1) is 12.0. The molecule has 0 spiro atoms. The minimum Gasteiger partial charge on any atom is -0.488 e. The van der Waals surface area contributed by atoms with Crippen LogP contribution in [0.25, 0.3) is 0 Å². The normalized spacial score (nSPS) is 11.8. The molecule has 2 aromatic carbocycles. The van der Waals surface area contributed by atoms with E-state index in [4.69, 9.17) is 4.74 Å². The predicted molar refractivity (Wildman–Crippen MR) is 104 cm³/mol. The van der Waals surface area contributed by atoms with Crippen LogP contribution in [0, 0.1) is 0 Å². The second kappa shape index (κ2) is 9.33. The van der Waals surface area contributed by atoms with Crippen LogP contribution in [0.5, 0.6) is 5.75 Å². The molecule has 0 aliphatic rings.